The number of rotatable bonds is 5. The zero-order chi connectivity index (χ0) is 13.8. The Bertz CT molecular complexity index is 549. The molecule has 1 atom stereocenters. The van der Waals surface area contributed by atoms with Crippen molar-refractivity contribution in [2.45, 2.75) is 33.1 Å². The Kier molecular flexibility index (Phi) is 4.04. The molecule has 5 nitrogen and oxygen atoms in total. The summed E-state index contributed by atoms with van der Waals surface area (Å²) in [5.41, 5.74) is 1.01. The molecule has 5 heteroatoms. The first-order valence-electron chi connectivity index (χ1n) is 6.29. The smallest absolute Gasteiger partial charge is 0.237 e. The second-order valence-electron chi connectivity index (χ2n) is 4.92. The number of carbonyl (C=O) groups excluding carboxylic acids is 1. The Balaban J connectivity index is 2.17. The summed E-state index contributed by atoms with van der Waals surface area (Å²) in [7, 11) is 0. The minimum absolute atomic E-state index is 0.0478. The SMILES string of the molecule is CC(=O)C(c1nc(Cc2cccnc2)no1)C(C)C. The van der Waals surface area contributed by atoms with E-state index in [0.717, 1.165) is 5.56 Å². The molecule has 2 heterocycles. The minimum atomic E-state index is -0.324. The molecule has 0 radical (unpaired) electrons. The molecule has 0 saturated carbocycles. The largest absolute Gasteiger partial charge is 0.339 e. The summed E-state index contributed by atoms with van der Waals surface area (Å²) in [5.74, 6) is 0.849. The van der Waals surface area contributed by atoms with Crippen LogP contribution in [0.5, 0.6) is 0 Å². The molecular formula is C14H17N3O2. The van der Waals surface area contributed by atoms with Gasteiger partial charge in [0, 0.05) is 18.8 Å². The van der Waals surface area contributed by atoms with Crippen molar-refractivity contribution in [2.24, 2.45) is 5.92 Å². The first-order valence-corrected chi connectivity index (χ1v) is 6.29. The van der Waals surface area contributed by atoms with Crippen molar-refractivity contribution in [1.29, 1.82) is 0 Å². The van der Waals surface area contributed by atoms with Gasteiger partial charge >= 0.3 is 0 Å². The van der Waals surface area contributed by atoms with Crippen LogP contribution in [0.25, 0.3) is 0 Å². The molecule has 0 aromatic carbocycles. The fraction of sp³-hybridized carbons (Fsp3) is 0.429. The van der Waals surface area contributed by atoms with Crippen molar-refractivity contribution in [2.75, 3.05) is 0 Å². The lowest BCUT2D eigenvalue weighted by atomic mass is 9.92. The molecule has 0 fully saturated rings. The Morgan fingerprint density at radius 3 is 2.79 bits per heavy atom. The van der Waals surface area contributed by atoms with E-state index in [1.54, 1.807) is 19.3 Å². The topological polar surface area (TPSA) is 68.9 Å². The van der Waals surface area contributed by atoms with E-state index >= 15 is 0 Å². The van der Waals surface area contributed by atoms with E-state index < -0.39 is 0 Å². The highest BCUT2D eigenvalue weighted by Gasteiger charge is 2.26. The highest BCUT2D eigenvalue weighted by atomic mass is 16.5. The zero-order valence-electron chi connectivity index (χ0n) is 11.3. The van der Waals surface area contributed by atoms with Crippen LogP contribution in [0.15, 0.2) is 29.0 Å². The van der Waals surface area contributed by atoms with Crippen molar-refractivity contribution in [3.05, 3.63) is 41.8 Å². The van der Waals surface area contributed by atoms with Crippen LogP contribution in [0.1, 0.15) is 44.0 Å². The molecule has 2 aromatic rings. The van der Waals surface area contributed by atoms with Crippen LogP contribution in [-0.2, 0) is 11.2 Å². The maximum atomic E-state index is 11.6. The third-order valence-electron chi connectivity index (χ3n) is 2.94. The average Bonchev–Trinajstić information content (AvgIpc) is 2.77. The van der Waals surface area contributed by atoms with Gasteiger partial charge in [0.05, 0.1) is 5.92 Å². The standard InChI is InChI=1S/C14H17N3O2/c1-9(2)13(10(3)18)14-16-12(17-19-14)7-11-5-4-6-15-8-11/h4-6,8-9,13H,7H2,1-3H3. The molecule has 0 saturated heterocycles. The van der Waals surface area contributed by atoms with E-state index in [1.165, 1.54) is 0 Å². The molecule has 1 unspecified atom stereocenters. The van der Waals surface area contributed by atoms with Crippen molar-refractivity contribution in [1.82, 2.24) is 15.1 Å². The van der Waals surface area contributed by atoms with Crippen LogP contribution in [0.2, 0.25) is 0 Å². The lowest BCUT2D eigenvalue weighted by molar-refractivity contribution is -0.119. The van der Waals surface area contributed by atoms with E-state index in [0.29, 0.717) is 18.1 Å². The van der Waals surface area contributed by atoms with Gasteiger partial charge in [-0.15, -0.1) is 0 Å². The van der Waals surface area contributed by atoms with Crippen molar-refractivity contribution in [3.8, 4) is 0 Å². The molecule has 0 aliphatic rings. The number of nitrogens with zero attached hydrogens (tertiary/aromatic N) is 3. The molecule has 0 spiro atoms. The lowest BCUT2D eigenvalue weighted by Gasteiger charge is -2.12. The number of Topliss-reactive ketones (excluding diaryl/α,β-unsaturated/α-hetero) is 1. The average molecular weight is 259 g/mol. The van der Waals surface area contributed by atoms with E-state index in [-0.39, 0.29) is 17.6 Å². The van der Waals surface area contributed by atoms with Gasteiger partial charge in [0.15, 0.2) is 5.82 Å². The summed E-state index contributed by atoms with van der Waals surface area (Å²) >= 11 is 0. The summed E-state index contributed by atoms with van der Waals surface area (Å²) in [6.45, 7) is 5.49. The van der Waals surface area contributed by atoms with Gasteiger partial charge in [-0.25, -0.2) is 0 Å². The predicted molar refractivity (Wildman–Crippen MR) is 69.6 cm³/mol. The van der Waals surface area contributed by atoms with Crippen LogP contribution in [0.3, 0.4) is 0 Å². The third-order valence-corrected chi connectivity index (χ3v) is 2.94. The number of aromatic nitrogens is 3. The normalized spacial score (nSPS) is 12.6. The van der Waals surface area contributed by atoms with E-state index in [2.05, 4.69) is 15.1 Å². The fourth-order valence-electron chi connectivity index (χ4n) is 2.08. The second kappa shape index (κ2) is 5.73. The third kappa shape index (κ3) is 3.24. The van der Waals surface area contributed by atoms with Gasteiger partial charge in [0.25, 0.3) is 0 Å². The van der Waals surface area contributed by atoms with Gasteiger partial charge in [0.1, 0.15) is 5.78 Å². The molecule has 0 aliphatic carbocycles. The highest BCUT2D eigenvalue weighted by molar-refractivity contribution is 5.82. The summed E-state index contributed by atoms with van der Waals surface area (Å²) in [5, 5.41) is 3.93. The van der Waals surface area contributed by atoms with Crippen molar-refractivity contribution in [3.63, 3.8) is 0 Å². The predicted octanol–water partition coefficient (Wildman–Crippen LogP) is 2.38. The molecule has 19 heavy (non-hydrogen) atoms. The zero-order valence-corrected chi connectivity index (χ0v) is 11.3. The number of hydrogen-bond donors (Lipinski definition) is 0. The van der Waals surface area contributed by atoms with Crippen LogP contribution in [0.4, 0.5) is 0 Å². The molecule has 100 valence electrons. The van der Waals surface area contributed by atoms with Crippen molar-refractivity contribution < 1.29 is 9.32 Å². The summed E-state index contributed by atoms with van der Waals surface area (Å²) < 4.78 is 5.22. The quantitative estimate of drug-likeness (QED) is 0.824. The monoisotopic (exact) mass is 259 g/mol. The van der Waals surface area contributed by atoms with Gasteiger partial charge in [-0.2, -0.15) is 4.98 Å². The van der Waals surface area contributed by atoms with Gasteiger partial charge < -0.3 is 4.52 Å². The molecular weight excluding hydrogens is 242 g/mol. The Morgan fingerprint density at radius 2 is 2.21 bits per heavy atom. The summed E-state index contributed by atoms with van der Waals surface area (Å²) in [6, 6.07) is 3.82. The van der Waals surface area contributed by atoms with Gasteiger partial charge in [-0.1, -0.05) is 25.1 Å². The minimum Gasteiger partial charge on any atom is -0.339 e. The summed E-state index contributed by atoms with van der Waals surface area (Å²) in [4.78, 5) is 20.0. The molecule has 0 N–H and O–H groups in total. The van der Waals surface area contributed by atoms with Gasteiger partial charge in [-0.05, 0) is 24.5 Å². The lowest BCUT2D eigenvalue weighted by Crippen LogP contribution is -2.15. The highest BCUT2D eigenvalue weighted by Crippen LogP contribution is 2.24. The van der Waals surface area contributed by atoms with Crippen molar-refractivity contribution >= 4 is 5.78 Å². The molecule has 0 amide bonds. The Morgan fingerprint density at radius 1 is 1.42 bits per heavy atom. The second-order valence-corrected chi connectivity index (χ2v) is 4.92. The maximum absolute atomic E-state index is 11.6. The Hall–Kier alpha value is -2.04. The van der Waals surface area contributed by atoms with Crippen LogP contribution >= 0.6 is 0 Å². The number of carbonyl (C=O) groups is 1. The molecule has 2 aromatic heterocycles. The molecule has 0 aliphatic heterocycles. The summed E-state index contributed by atoms with van der Waals surface area (Å²) in [6.07, 6.45) is 4.04. The van der Waals surface area contributed by atoms with E-state index in [4.69, 9.17) is 4.52 Å². The van der Waals surface area contributed by atoms with E-state index in [1.807, 2.05) is 26.0 Å². The fourth-order valence-corrected chi connectivity index (χ4v) is 2.08. The molecule has 2 rings (SSSR count). The van der Waals surface area contributed by atoms with Gasteiger partial charge in [0.2, 0.25) is 5.89 Å². The molecule has 0 bridgehead atoms. The number of ketones is 1. The number of pyridine rings is 1. The Labute approximate surface area is 112 Å². The first kappa shape index (κ1) is 13.4. The number of hydrogen-bond acceptors (Lipinski definition) is 5. The van der Waals surface area contributed by atoms with Crippen LogP contribution < -0.4 is 0 Å². The van der Waals surface area contributed by atoms with E-state index in [9.17, 15) is 4.79 Å². The maximum Gasteiger partial charge on any atom is 0.237 e. The van der Waals surface area contributed by atoms with Crippen LogP contribution in [-0.4, -0.2) is 20.9 Å². The first-order chi connectivity index (χ1) is 9.08. The van der Waals surface area contributed by atoms with Gasteiger partial charge in [-0.3, -0.25) is 9.78 Å². The van der Waals surface area contributed by atoms with Crippen LogP contribution in [0, 0.1) is 5.92 Å².